The van der Waals surface area contributed by atoms with E-state index in [1.807, 2.05) is 30.1 Å². The Hall–Kier alpha value is -5.26. The number of nitrogens with zero attached hydrogens (tertiary/aromatic N) is 3. The molecule has 10 rings (SSSR count). The second kappa shape index (κ2) is 9.37. The van der Waals surface area contributed by atoms with Crippen molar-refractivity contribution in [1.29, 1.82) is 0 Å². The molecule has 0 saturated heterocycles. The number of thioether (sulfide) groups is 1. The van der Waals surface area contributed by atoms with Gasteiger partial charge < -0.3 is 4.74 Å². The molecule has 2 atom stereocenters. The minimum Gasteiger partial charge on any atom is -0.457 e. The molecule has 4 heterocycles. The molecule has 0 amide bonds. The third-order valence-corrected chi connectivity index (χ3v) is 10.9. The molecule has 0 radical (unpaired) electrons. The van der Waals surface area contributed by atoms with E-state index in [9.17, 15) is 0 Å². The molecule has 0 N–H and O–H groups in total. The van der Waals surface area contributed by atoms with E-state index in [-0.39, 0.29) is 11.3 Å². The van der Waals surface area contributed by atoms with Gasteiger partial charge in [0.25, 0.3) is 0 Å². The van der Waals surface area contributed by atoms with Crippen molar-refractivity contribution in [2.75, 3.05) is 0 Å². The van der Waals surface area contributed by atoms with Gasteiger partial charge in [-0.2, -0.15) is 0 Å². The van der Waals surface area contributed by atoms with E-state index in [2.05, 4.69) is 120 Å². The lowest BCUT2D eigenvalue weighted by molar-refractivity contribution is 0.435. The van der Waals surface area contributed by atoms with Crippen molar-refractivity contribution in [3.05, 3.63) is 179 Å². The number of hydrogen-bond donors (Lipinski definition) is 0. The number of hydrogen-bond acceptors (Lipinski definition) is 5. The van der Waals surface area contributed by atoms with Gasteiger partial charge in [-0.05, 0) is 64.2 Å². The van der Waals surface area contributed by atoms with E-state index in [1.165, 1.54) is 38.3 Å². The summed E-state index contributed by atoms with van der Waals surface area (Å²) in [6, 6.07) is 45.4. The summed E-state index contributed by atoms with van der Waals surface area (Å²) in [5.74, 6) is 2.50. The highest BCUT2D eigenvalue weighted by molar-refractivity contribution is 8.01. The Morgan fingerprint density at radius 2 is 1.31 bits per heavy atom. The normalized spacial score (nSPS) is 19.2. The zero-order valence-corrected chi connectivity index (χ0v) is 24.9. The molecule has 0 fully saturated rings. The van der Waals surface area contributed by atoms with Crippen LogP contribution in [-0.4, -0.2) is 21.8 Å². The fourth-order valence-electron chi connectivity index (χ4n) is 7.75. The van der Waals surface area contributed by atoms with Crippen molar-refractivity contribution >= 4 is 23.3 Å². The summed E-state index contributed by atoms with van der Waals surface area (Å²) in [4.78, 5) is 16.2. The van der Waals surface area contributed by atoms with E-state index in [0.717, 1.165) is 39.7 Å². The van der Waals surface area contributed by atoms with E-state index < -0.39 is 5.41 Å². The monoisotopic (exact) mass is 595 g/mol. The van der Waals surface area contributed by atoms with Crippen molar-refractivity contribution in [1.82, 2.24) is 4.98 Å². The standard InChI is InChI=1S/C40H25N3OS/c1-4-14-29-26(11-1)27-12-2-5-15-30(27)40(29)31-16-6-7-17-33(31)44-34-20-19-24(22-32(34)40)36-38-37(28-13-3-8-18-35(28)45-38)43-39(42-36)25-10-9-21-41-23-25/h1-23,36,38H. The maximum Gasteiger partial charge on any atom is 0.157 e. The molecule has 0 bridgehead atoms. The number of para-hydroxylation sites is 1. The maximum absolute atomic E-state index is 6.69. The summed E-state index contributed by atoms with van der Waals surface area (Å²) in [5, 5.41) is 0.0665. The van der Waals surface area contributed by atoms with E-state index in [1.54, 1.807) is 6.20 Å². The van der Waals surface area contributed by atoms with Crippen LogP contribution in [0.3, 0.4) is 0 Å². The lowest BCUT2D eigenvalue weighted by atomic mass is 9.65. The first-order valence-corrected chi connectivity index (χ1v) is 16.1. The van der Waals surface area contributed by atoms with E-state index >= 15 is 0 Å². The van der Waals surface area contributed by atoms with Crippen molar-refractivity contribution in [2.24, 2.45) is 9.98 Å². The van der Waals surface area contributed by atoms with Crippen LogP contribution in [0.15, 0.2) is 155 Å². The third kappa shape index (κ3) is 3.42. The number of amidine groups is 1. The topological polar surface area (TPSA) is 46.8 Å². The fraction of sp³-hybridized carbons (Fsp3) is 0.0750. The van der Waals surface area contributed by atoms with Gasteiger partial charge in [0.1, 0.15) is 11.5 Å². The van der Waals surface area contributed by atoms with Crippen LogP contribution in [0.25, 0.3) is 11.1 Å². The molecule has 0 saturated carbocycles. The van der Waals surface area contributed by atoms with Gasteiger partial charge in [0.15, 0.2) is 5.84 Å². The molecule has 45 heavy (non-hydrogen) atoms. The van der Waals surface area contributed by atoms with Crippen LogP contribution in [0, 0.1) is 0 Å². The second-order valence-electron chi connectivity index (χ2n) is 11.9. The molecule has 4 nitrogen and oxygen atoms in total. The number of pyridine rings is 1. The van der Waals surface area contributed by atoms with E-state index in [0.29, 0.717) is 0 Å². The highest BCUT2D eigenvalue weighted by Gasteiger charge is 2.51. The van der Waals surface area contributed by atoms with Gasteiger partial charge in [-0.3, -0.25) is 9.98 Å². The summed E-state index contributed by atoms with van der Waals surface area (Å²) < 4.78 is 6.69. The molecule has 3 aliphatic heterocycles. The smallest absolute Gasteiger partial charge is 0.157 e. The maximum atomic E-state index is 6.69. The summed E-state index contributed by atoms with van der Waals surface area (Å²) in [6.45, 7) is 0. The van der Waals surface area contributed by atoms with Crippen LogP contribution in [0.5, 0.6) is 11.5 Å². The van der Waals surface area contributed by atoms with Crippen LogP contribution in [0.2, 0.25) is 0 Å². The zero-order chi connectivity index (χ0) is 29.5. The zero-order valence-electron chi connectivity index (χ0n) is 24.1. The van der Waals surface area contributed by atoms with Gasteiger partial charge in [-0.15, -0.1) is 11.8 Å². The first-order chi connectivity index (χ1) is 22.3. The van der Waals surface area contributed by atoms with Gasteiger partial charge in [-0.1, -0.05) is 91.0 Å². The quantitative estimate of drug-likeness (QED) is 0.200. The minimum atomic E-state index is -0.513. The largest absolute Gasteiger partial charge is 0.457 e. The summed E-state index contributed by atoms with van der Waals surface area (Å²) in [6.07, 6.45) is 3.65. The lowest BCUT2D eigenvalue weighted by Gasteiger charge is -2.40. The number of ether oxygens (including phenoxy) is 1. The highest BCUT2D eigenvalue weighted by Crippen LogP contribution is 2.62. The molecule has 212 valence electrons. The molecule has 1 spiro atoms. The molecule has 1 aromatic heterocycles. The van der Waals surface area contributed by atoms with Crippen molar-refractivity contribution < 1.29 is 4.74 Å². The summed E-state index contributed by atoms with van der Waals surface area (Å²) in [7, 11) is 0. The summed E-state index contributed by atoms with van der Waals surface area (Å²) >= 11 is 1.86. The molecule has 5 heteroatoms. The number of aliphatic imine (C=N–C) groups is 2. The molecule has 6 aromatic rings. The Balaban J connectivity index is 1.23. The number of fused-ring (bicyclic) bond motifs is 12. The molecule has 1 aliphatic carbocycles. The van der Waals surface area contributed by atoms with Crippen molar-refractivity contribution in [2.45, 2.75) is 21.6 Å². The van der Waals surface area contributed by atoms with Crippen molar-refractivity contribution in [3.63, 3.8) is 0 Å². The second-order valence-corrected chi connectivity index (χ2v) is 13.0. The number of rotatable bonds is 2. The lowest BCUT2D eigenvalue weighted by Crippen LogP contribution is -2.33. The number of benzene rings is 5. The van der Waals surface area contributed by atoms with Crippen molar-refractivity contribution in [3.8, 4) is 22.6 Å². The average Bonchev–Trinajstić information content (AvgIpc) is 3.63. The average molecular weight is 596 g/mol. The van der Waals surface area contributed by atoms with Crippen LogP contribution in [-0.2, 0) is 5.41 Å². The van der Waals surface area contributed by atoms with Gasteiger partial charge in [0, 0.05) is 39.5 Å². The van der Waals surface area contributed by atoms with Gasteiger partial charge in [0.05, 0.1) is 22.4 Å². The first kappa shape index (κ1) is 25.1. The Morgan fingerprint density at radius 3 is 2.09 bits per heavy atom. The van der Waals surface area contributed by atoms with Crippen LogP contribution in [0.1, 0.15) is 45.0 Å². The predicted molar refractivity (Wildman–Crippen MR) is 180 cm³/mol. The first-order valence-electron chi connectivity index (χ1n) is 15.2. The van der Waals surface area contributed by atoms with E-state index in [4.69, 9.17) is 14.7 Å². The van der Waals surface area contributed by atoms with Crippen LogP contribution >= 0.6 is 11.8 Å². The Morgan fingerprint density at radius 1 is 0.622 bits per heavy atom. The summed E-state index contributed by atoms with van der Waals surface area (Å²) in [5.41, 5.74) is 11.3. The highest BCUT2D eigenvalue weighted by atomic mass is 32.2. The van der Waals surface area contributed by atoms with Gasteiger partial charge in [-0.25, -0.2) is 4.99 Å². The van der Waals surface area contributed by atoms with Crippen LogP contribution in [0.4, 0.5) is 0 Å². The third-order valence-electron chi connectivity index (χ3n) is 9.59. The molecular weight excluding hydrogens is 571 g/mol. The Kier molecular flexibility index (Phi) is 5.23. The molecule has 5 aromatic carbocycles. The number of aromatic nitrogens is 1. The Labute approximate surface area is 265 Å². The van der Waals surface area contributed by atoms with Gasteiger partial charge in [0.2, 0.25) is 0 Å². The van der Waals surface area contributed by atoms with Crippen LogP contribution < -0.4 is 4.74 Å². The minimum absolute atomic E-state index is 0.0665. The molecule has 4 aliphatic rings. The van der Waals surface area contributed by atoms with Gasteiger partial charge >= 0.3 is 0 Å². The molecular formula is C40H25N3OS. The SMILES string of the molecule is c1cncc(C2=NC(c3ccc4c(c3)C3(c5ccccc5O4)c4ccccc4-c4ccccc43)C3Sc4ccccc4C3=N2)c1. The predicted octanol–water partition coefficient (Wildman–Crippen LogP) is 9.02. The Bertz CT molecular complexity index is 2210. The fourth-order valence-corrected chi connectivity index (χ4v) is 9.12. The molecule has 2 unspecified atom stereocenters.